The number of anilines is 1. The summed E-state index contributed by atoms with van der Waals surface area (Å²) in [4.78, 5) is 19.0. The summed E-state index contributed by atoms with van der Waals surface area (Å²) in [5.41, 5.74) is 2.01. The van der Waals surface area contributed by atoms with Crippen LogP contribution in [-0.4, -0.2) is 33.4 Å². The molecule has 0 atom stereocenters. The van der Waals surface area contributed by atoms with Crippen LogP contribution in [-0.2, 0) is 11.4 Å². The monoisotopic (exact) mass is 440 g/mol. The number of thioether (sulfide) groups is 1. The molecule has 4 rings (SSSR count). The van der Waals surface area contributed by atoms with Gasteiger partial charge in [-0.15, -0.1) is 10.2 Å². The van der Waals surface area contributed by atoms with Crippen molar-refractivity contribution in [2.24, 2.45) is 0 Å². The van der Waals surface area contributed by atoms with Gasteiger partial charge >= 0.3 is 0 Å². The van der Waals surface area contributed by atoms with Gasteiger partial charge in [0, 0.05) is 6.54 Å². The predicted molar refractivity (Wildman–Crippen MR) is 118 cm³/mol. The Hall–Kier alpha value is -2.91. The van der Waals surface area contributed by atoms with Crippen molar-refractivity contribution in [2.75, 3.05) is 17.2 Å². The fraction of sp³-hybridized carbons (Fsp3) is 0.238. The third kappa shape index (κ3) is 4.80. The maximum atomic E-state index is 12.7. The number of ether oxygens (including phenoxy) is 1. The summed E-state index contributed by atoms with van der Waals surface area (Å²) in [6.45, 7) is 4.65. The van der Waals surface area contributed by atoms with E-state index in [1.807, 2.05) is 62.4 Å². The summed E-state index contributed by atoms with van der Waals surface area (Å²) >= 11 is 2.71. The molecule has 0 unspecified atom stereocenters. The lowest BCUT2D eigenvalue weighted by molar-refractivity contribution is -0.116. The molecule has 0 aliphatic rings. The number of nitrogens with zero attached hydrogens (tertiary/aromatic N) is 4. The number of carbonyl (C=O) groups excluding carboxylic acids is 1. The summed E-state index contributed by atoms with van der Waals surface area (Å²) in [6.07, 6.45) is 0. The number of para-hydroxylation sites is 1. The van der Waals surface area contributed by atoms with Gasteiger partial charge in [0.2, 0.25) is 5.91 Å². The number of aromatic nitrogens is 3. The van der Waals surface area contributed by atoms with E-state index < -0.39 is 0 Å². The highest BCUT2D eigenvalue weighted by Gasteiger charge is 2.19. The van der Waals surface area contributed by atoms with Crippen LogP contribution >= 0.6 is 23.1 Å². The van der Waals surface area contributed by atoms with Crippen LogP contribution in [0, 0.1) is 6.92 Å². The molecular weight excluding hydrogens is 420 g/mol. The second-order valence-electron chi connectivity index (χ2n) is 6.46. The van der Waals surface area contributed by atoms with E-state index in [2.05, 4.69) is 15.2 Å². The average Bonchev–Trinajstić information content (AvgIpc) is 3.38. The number of hydrogen-bond donors (Lipinski definition) is 0. The van der Waals surface area contributed by atoms with Crippen LogP contribution in [0.5, 0.6) is 5.75 Å². The van der Waals surface area contributed by atoms with Crippen LogP contribution in [0.2, 0.25) is 0 Å². The SMILES string of the molecule is CCN(C(=O)CSc1nnc(COc2cccc(C)c2)o1)c1nc2ccccc2s1. The highest BCUT2D eigenvalue weighted by Crippen LogP contribution is 2.29. The maximum absolute atomic E-state index is 12.7. The average molecular weight is 441 g/mol. The van der Waals surface area contributed by atoms with Gasteiger partial charge in [-0.2, -0.15) is 0 Å². The van der Waals surface area contributed by atoms with Gasteiger partial charge in [0.15, 0.2) is 11.7 Å². The lowest BCUT2D eigenvalue weighted by Gasteiger charge is -2.16. The van der Waals surface area contributed by atoms with Gasteiger partial charge in [0.05, 0.1) is 16.0 Å². The number of fused-ring (bicyclic) bond motifs is 1. The summed E-state index contributed by atoms with van der Waals surface area (Å²) < 4.78 is 12.3. The van der Waals surface area contributed by atoms with Crippen molar-refractivity contribution in [1.82, 2.24) is 15.2 Å². The summed E-state index contributed by atoms with van der Waals surface area (Å²) in [5.74, 6) is 1.23. The smallest absolute Gasteiger partial charge is 0.277 e. The maximum Gasteiger partial charge on any atom is 0.277 e. The second-order valence-corrected chi connectivity index (χ2v) is 8.39. The topological polar surface area (TPSA) is 81.4 Å². The first-order valence-electron chi connectivity index (χ1n) is 9.43. The number of benzene rings is 2. The molecule has 0 N–H and O–H groups in total. The Morgan fingerprint density at radius 1 is 1.20 bits per heavy atom. The number of aryl methyl sites for hydroxylation is 1. The van der Waals surface area contributed by atoms with Crippen LogP contribution in [0.1, 0.15) is 18.4 Å². The van der Waals surface area contributed by atoms with E-state index in [9.17, 15) is 4.79 Å². The molecule has 0 saturated carbocycles. The van der Waals surface area contributed by atoms with E-state index in [1.165, 1.54) is 23.1 Å². The van der Waals surface area contributed by atoms with Gasteiger partial charge in [-0.05, 0) is 43.7 Å². The van der Waals surface area contributed by atoms with Gasteiger partial charge in [-0.3, -0.25) is 9.69 Å². The molecule has 0 fully saturated rings. The molecule has 2 heterocycles. The Bertz CT molecular complexity index is 1120. The standard InChI is InChI=1S/C21H20N4O3S2/c1-3-25(20-22-16-9-4-5-10-17(16)30-20)19(26)13-29-21-24-23-18(28-21)12-27-15-8-6-7-14(2)11-15/h4-11H,3,12-13H2,1-2H3. The molecule has 154 valence electrons. The molecule has 0 radical (unpaired) electrons. The summed E-state index contributed by atoms with van der Waals surface area (Å²) in [6, 6.07) is 15.6. The predicted octanol–water partition coefficient (Wildman–Crippen LogP) is 4.71. The normalized spacial score (nSPS) is 11.0. The van der Waals surface area contributed by atoms with E-state index >= 15 is 0 Å². The van der Waals surface area contributed by atoms with Crippen molar-refractivity contribution in [3.63, 3.8) is 0 Å². The van der Waals surface area contributed by atoms with Crippen LogP contribution in [0.4, 0.5) is 5.13 Å². The highest BCUT2D eigenvalue weighted by atomic mass is 32.2. The first-order chi connectivity index (χ1) is 14.6. The molecule has 0 saturated heterocycles. The lowest BCUT2D eigenvalue weighted by Crippen LogP contribution is -2.32. The summed E-state index contributed by atoms with van der Waals surface area (Å²) in [5, 5.41) is 9.01. The Labute approximate surface area is 182 Å². The van der Waals surface area contributed by atoms with Crippen molar-refractivity contribution >= 4 is 44.4 Å². The van der Waals surface area contributed by atoms with Crippen LogP contribution in [0.25, 0.3) is 10.2 Å². The van der Waals surface area contributed by atoms with Crippen molar-refractivity contribution in [2.45, 2.75) is 25.7 Å². The first kappa shape index (κ1) is 20.4. The Kier molecular flexibility index (Phi) is 6.29. The Morgan fingerprint density at radius 2 is 2.07 bits per heavy atom. The molecule has 4 aromatic rings. The van der Waals surface area contributed by atoms with Gasteiger partial charge in [0.25, 0.3) is 11.1 Å². The van der Waals surface area contributed by atoms with Crippen LogP contribution < -0.4 is 9.64 Å². The van der Waals surface area contributed by atoms with Gasteiger partial charge < -0.3 is 9.15 Å². The van der Waals surface area contributed by atoms with E-state index in [4.69, 9.17) is 9.15 Å². The Morgan fingerprint density at radius 3 is 2.87 bits per heavy atom. The highest BCUT2D eigenvalue weighted by molar-refractivity contribution is 7.99. The molecule has 0 bridgehead atoms. The molecular formula is C21H20N4O3S2. The zero-order valence-corrected chi connectivity index (χ0v) is 18.2. The number of amides is 1. The minimum Gasteiger partial charge on any atom is -0.484 e. The lowest BCUT2D eigenvalue weighted by atomic mass is 10.2. The molecule has 0 spiro atoms. The molecule has 0 aliphatic heterocycles. The van der Waals surface area contributed by atoms with E-state index in [1.54, 1.807) is 4.90 Å². The molecule has 30 heavy (non-hydrogen) atoms. The third-order valence-electron chi connectivity index (χ3n) is 4.25. The minimum atomic E-state index is -0.0580. The van der Waals surface area contributed by atoms with E-state index in [-0.39, 0.29) is 18.3 Å². The van der Waals surface area contributed by atoms with Crippen LogP contribution in [0.3, 0.4) is 0 Å². The number of carbonyl (C=O) groups is 1. The molecule has 2 aromatic heterocycles. The molecule has 1 amide bonds. The fourth-order valence-electron chi connectivity index (χ4n) is 2.80. The molecule has 0 aliphatic carbocycles. The number of thiazole rings is 1. The minimum absolute atomic E-state index is 0.0580. The van der Waals surface area contributed by atoms with Gasteiger partial charge in [0.1, 0.15) is 5.75 Å². The van der Waals surface area contributed by atoms with E-state index in [0.717, 1.165) is 21.5 Å². The van der Waals surface area contributed by atoms with Crippen molar-refractivity contribution in [3.8, 4) is 5.75 Å². The molecule has 7 nitrogen and oxygen atoms in total. The zero-order valence-electron chi connectivity index (χ0n) is 16.6. The van der Waals surface area contributed by atoms with Crippen molar-refractivity contribution < 1.29 is 13.9 Å². The zero-order chi connectivity index (χ0) is 20.9. The van der Waals surface area contributed by atoms with Crippen molar-refractivity contribution in [1.29, 1.82) is 0 Å². The fourth-order valence-corrected chi connectivity index (χ4v) is 4.50. The molecule has 2 aromatic carbocycles. The largest absolute Gasteiger partial charge is 0.484 e. The van der Waals surface area contributed by atoms with Crippen LogP contribution in [0.15, 0.2) is 58.2 Å². The summed E-state index contributed by atoms with van der Waals surface area (Å²) in [7, 11) is 0. The molecule has 9 heteroatoms. The number of rotatable bonds is 8. The first-order valence-corrected chi connectivity index (χ1v) is 11.2. The van der Waals surface area contributed by atoms with Gasteiger partial charge in [-0.25, -0.2) is 4.98 Å². The van der Waals surface area contributed by atoms with Gasteiger partial charge in [-0.1, -0.05) is 47.4 Å². The van der Waals surface area contributed by atoms with E-state index in [0.29, 0.717) is 22.8 Å². The van der Waals surface area contributed by atoms with Crippen molar-refractivity contribution in [3.05, 3.63) is 60.0 Å². The number of hydrogen-bond acceptors (Lipinski definition) is 8. The third-order valence-corrected chi connectivity index (χ3v) is 6.11. The Balaban J connectivity index is 1.34. The second kappa shape index (κ2) is 9.27. The quantitative estimate of drug-likeness (QED) is 0.367.